The Balaban J connectivity index is 1.93. The lowest BCUT2D eigenvalue weighted by molar-refractivity contribution is -0.125. The van der Waals surface area contributed by atoms with Crippen molar-refractivity contribution < 1.29 is 13.7 Å². The molecule has 0 saturated heterocycles. The van der Waals surface area contributed by atoms with Gasteiger partial charge in [0.15, 0.2) is 5.82 Å². The van der Waals surface area contributed by atoms with Crippen LogP contribution in [0.2, 0.25) is 0 Å². The highest BCUT2D eigenvalue weighted by Gasteiger charge is 2.23. The Morgan fingerprint density at radius 1 is 1.38 bits per heavy atom. The fraction of sp³-hybridized carbons (Fsp3) is 0.400. The Bertz CT molecular complexity index is 635. The van der Waals surface area contributed by atoms with Gasteiger partial charge < -0.3 is 4.52 Å². The second kappa shape index (κ2) is 6.39. The molecule has 1 aromatic carbocycles. The molecule has 0 bridgehead atoms. The van der Waals surface area contributed by atoms with Crippen molar-refractivity contribution in [2.45, 2.75) is 37.8 Å². The number of halogens is 1. The highest BCUT2D eigenvalue weighted by Crippen LogP contribution is 2.22. The van der Waals surface area contributed by atoms with Crippen molar-refractivity contribution in [1.29, 1.82) is 0 Å². The number of ketones is 1. The number of Topliss-reactive ketones (excluding diaryl/α,β-unsaturated/α-hetero) is 1. The molecule has 112 valence electrons. The summed E-state index contributed by atoms with van der Waals surface area (Å²) in [6, 6.07) is 6.32. The third-order valence-electron chi connectivity index (χ3n) is 2.82. The minimum Gasteiger partial charge on any atom is -0.339 e. The van der Waals surface area contributed by atoms with E-state index in [9.17, 15) is 9.18 Å². The van der Waals surface area contributed by atoms with E-state index in [0.717, 1.165) is 4.90 Å². The van der Waals surface area contributed by atoms with Gasteiger partial charge in [0.25, 0.3) is 0 Å². The zero-order valence-electron chi connectivity index (χ0n) is 12.2. The molecule has 0 radical (unpaired) electrons. The summed E-state index contributed by atoms with van der Waals surface area (Å²) < 4.78 is 18.1. The maximum atomic E-state index is 13.1. The monoisotopic (exact) mass is 308 g/mol. The highest BCUT2D eigenvalue weighted by atomic mass is 32.2. The van der Waals surface area contributed by atoms with Crippen molar-refractivity contribution in [2.24, 2.45) is 5.41 Å². The van der Waals surface area contributed by atoms with E-state index in [2.05, 4.69) is 10.1 Å². The van der Waals surface area contributed by atoms with Crippen molar-refractivity contribution in [1.82, 2.24) is 10.1 Å². The lowest BCUT2D eigenvalue weighted by Gasteiger charge is -2.14. The van der Waals surface area contributed by atoms with Crippen LogP contribution in [0.15, 0.2) is 33.7 Å². The predicted molar refractivity (Wildman–Crippen MR) is 78.4 cm³/mol. The molecule has 0 unspecified atom stereocenters. The standard InChI is InChI=1S/C15H17FN2O2S/c1-15(2,3)12(19)8-14-17-13(18-20-14)9-21-11-6-4-5-10(16)7-11/h4-7H,8-9H2,1-3H3. The second-order valence-corrected chi connectivity index (χ2v) is 6.75. The smallest absolute Gasteiger partial charge is 0.234 e. The number of hydrogen-bond donors (Lipinski definition) is 0. The van der Waals surface area contributed by atoms with Gasteiger partial charge in [-0.15, -0.1) is 11.8 Å². The van der Waals surface area contributed by atoms with Crippen LogP contribution in [0.25, 0.3) is 0 Å². The number of nitrogens with zero attached hydrogens (tertiary/aromatic N) is 2. The molecule has 0 N–H and O–H groups in total. The van der Waals surface area contributed by atoms with Gasteiger partial charge in [-0.2, -0.15) is 4.98 Å². The Hall–Kier alpha value is -1.69. The summed E-state index contributed by atoms with van der Waals surface area (Å²) in [4.78, 5) is 16.9. The molecule has 2 rings (SSSR count). The maximum Gasteiger partial charge on any atom is 0.234 e. The first-order valence-electron chi connectivity index (χ1n) is 6.58. The van der Waals surface area contributed by atoms with E-state index >= 15 is 0 Å². The van der Waals surface area contributed by atoms with Gasteiger partial charge in [-0.1, -0.05) is 32.0 Å². The lowest BCUT2D eigenvalue weighted by atomic mass is 9.89. The number of aromatic nitrogens is 2. The number of hydrogen-bond acceptors (Lipinski definition) is 5. The van der Waals surface area contributed by atoms with E-state index in [-0.39, 0.29) is 18.0 Å². The fourth-order valence-corrected chi connectivity index (χ4v) is 2.31. The van der Waals surface area contributed by atoms with Gasteiger partial charge in [0.05, 0.1) is 12.2 Å². The predicted octanol–water partition coefficient (Wildman–Crippen LogP) is 3.66. The van der Waals surface area contributed by atoms with E-state index in [0.29, 0.717) is 17.5 Å². The minimum absolute atomic E-state index is 0.0514. The first kappa shape index (κ1) is 15.7. The van der Waals surface area contributed by atoms with Gasteiger partial charge in [-0.05, 0) is 18.2 Å². The van der Waals surface area contributed by atoms with Crippen molar-refractivity contribution in [2.75, 3.05) is 0 Å². The molecule has 0 amide bonds. The molecule has 1 aromatic heterocycles. The summed E-state index contributed by atoms with van der Waals surface area (Å²) in [5.41, 5.74) is -0.426. The molecular weight excluding hydrogens is 291 g/mol. The van der Waals surface area contributed by atoms with Crippen LogP contribution in [0, 0.1) is 11.2 Å². The third kappa shape index (κ3) is 4.67. The van der Waals surface area contributed by atoms with Gasteiger partial charge in [0, 0.05) is 10.3 Å². The summed E-state index contributed by atoms with van der Waals surface area (Å²) in [7, 11) is 0. The van der Waals surface area contributed by atoms with Crippen LogP contribution in [0.1, 0.15) is 32.5 Å². The van der Waals surface area contributed by atoms with Crippen molar-refractivity contribution in [3.8, 4) is 0 Å². The van der Waals surface area contributed by atoms with Crippen LogP contribution < -0.4 is 0 Å². The first-order valence-corrected chi connectivity index (χ1v) is 7.56. The zero-order valence-corrected chi connectivity index (χ0v) is 13.0. The summed E-state index contributed by atoms with van der Waals surface area (Å²) >= 11 is 1.42. The van der Waals surface area contributed by atoms with Crippen molar-refractivity contribution in [3.63, 3.8) is 0 Å². The number of benzene rings is 1. The molecule has 0 spiro atoms. The average Bonchev–Trinajstić information content (AvgIpc) is 2.83. The molecular formula is C15H17FN2O2S. The largest absolute Gasteiger partial charge is 0.339 e. The topological polar surface area (TPSA) is 56.0 Å². The fourth-order valence-electron chi connectivity index (χ4n) is 1.53. The summed E-state index contributed by atoms with van der Waals surface area (Å²) in [5.74, 6) is 1.07. The van der Waals surface area contributed by atoms with E-state index < -0.39 is 5.41 Å². The quantitative estimate of drug-likeness (QED) is 0.789. The molecule has 6 heteroatoms. The van der Waals surface area contributed by atoms with Gasteiger partial charge in [-0.25, -0.2) is 4.39 Å². The molecule has 21 heavy (non-hydrogen) atoms. The third-order valence-corrected chi connectivity index (χ3v) is 3.81. The Morgan fingerprint density at radius 2 is 2.14 bits per heavy atom. The van der Waals surface area contributed by atoms with Gasteiger partial charge in [0.2, 0.25) is 5.89 Å². The van der Waals surface area contributed by atoms with E-state index in [4.69, 9.17) is 4.52 Å². The Morgan fingerprint density at radius 3 is 2.81 bits per heavy atom. The zero-order chi connectivity index (χ0) is 15.5. The summed E-state index contributed by atoms with van der Waals surface area (Å²) in [5, 5.41) is 3.84. The first-order chi connectivity index (χ1) is 9.84. The van der Waals surface area contributed by atoms with Crippen LogP contribution in [-0.4, -0.2) is 15.9 Å². The second-order valence-electron chi connectivity index (χ2n) is 5.70. The van der Waals surface area contributed by atoms with E-state index in [1.807, 2.05) is 26.8 Å². The number of thioether (sulfide) groups is 1. The molecule has 0 fully saturated rings. The SMILES string of the molecule is CC(C)(C)C(=O)Cc1nc(CSc2cccc(F)c2)no1. The molecule has 0 aliphatic rings. The van der Waals surface area contributed by atoms with Crippen LogP contribution in [-0.2, 0) is 17.0 Å². The van der Waals surface area contributed by atoms with Crippen LogP contribution >= 0.6 is 11.8 Å². The van der Waals surface area contributed by atoms with E-state index in [1.165, 1.54) is 23.9 Å². The van der Waals surface area contributed by atoms with Gasteiger partial charge >= 0.3 is 0 Å². The molecule has 0 saturated carbocycles. The van der Waals surface area contributed by atoms with E-state index in [1.54, 1.807) is 6.07 Å². The van der Waals surface area contributed by atoms with Crippen LogP contribution in [0.5, 0.6) is 0 Å². The normalized spacial score (nSPS) is 11.6. The van der Waals surface area contributed by atoms with Crippen molar-refractivity contribution in [3.05, 3.63) is 41.8 Å². The maximum absolute atomic E-state index is 13.1. The van der Waals surface area contributed by atoms with Gasteiger partial charge in [-0.3, -0.25) is 4.79 Å². The molecule has 1 heterocycles. The number of rotatable bonds is 5. The molecule has 0 aliphatic heterocycles. The molecule has 0 atom stereocenters. The number of carbonyl (C=O) groups excluding carboxylic acids is 1. The number of carbonyl (C=O) groups is 1. The molecule has 0 aliphatic carbocycles. The molecule has 4 nitrogen and oxygen atoms in total. The molecule has 2 aromatic rings. The highest BCUT2D eigenvalue weighted by molar-refractivity contribution is 7.98. The van der Waals surface area contributed by atoms with Gasteiger partial charge in [0.1, 0.15) is 11.6 Å². The Kier molecular flexibility index (Phi) is 4.77. The Labute approximate surface area is 127 Å². The average molecular weight is 308 g/mol. The summed E-state index contributed by atoms with van der Waals surface area (Å²) in [6.45, 7) is 5.56. The summed E-state index contributed by atoms with van der Waals surface area (Å²) in [6.07, 6.45) is 0.140. The minimum atomic E-state index is -0.426. The lowest BCUT2D eigenvalue weighted by Crippen LogP contribution is -2.22. The van der Waals surface area contributed by atoms with Crippen molar-refractivity contribution >= 4 is 17.5 Å². The van der Waals surface area contributed by atoms with Crippen LogP contribution in [0.3, 0.4) is 0 Å². The van der Waals surface area contributed by atoms with Crippen LogP contribution in [0.4, 0.5) is 4.39 Å².